The van der Waals surface area contributed by atoms with Gasteiger partial charge in [-0.05, 0) is 18.2 Å². The van der Waals surface area contributed by atoms with Crippen molar-refractivity contribution in [1.82, 2.24) is 4.72 Å². The third-order valence-electron chi connectivity index (χ3n) is 2.07. The van der Waals surface area contributed by atoms with E-state index >= 15 is 0 Å². The fourth-order valence-electron chi connectivity index (χ4n) is 1.22. The number of nitrogen functional groups attached to an aromatic ring is 1. The number of nitrogens with two attached hydrogens (primary N) is 1. The van der Waals surface area contributed by atoms with Crippen molar-refractivity contribution in [3.05, 3.63) is 24.3 Å². The molecule has 0 atom stereocenters. The molecule has 0 saturated heterocycles. The van der Waals surface area contributed by atoms with Crippen LogP contribution in [0.3, 0.4) is 0 Å². The Bertz CT molecular complexity index is 521. The fourth-order valence-corrected chi connectivity index (χ4v) is 3.62. The number of hydrogen-bond acceptors (Lipinski definition) is 4. The summed E-state index contributed by atoms with van der Waals surface area (Å²) in [4.78, 5) is 0.967. The van der Waals surface area contributed by atoms with Crippen molar-refractivity contribution in [2.24, 2.45) is 0 Å². The highest BCUT2D eigenvalue weighted by Gasteiger charge is 2.08. The summed E-state index contributed by atoms with van der Waals surface area (Å²) in [7, 11) is -3.23. The molecule has 4 nitrogen and oxygen atoms in total. The van der Waals surface area contributed by atoms with E-state index in [1.54, 1.807) is 6.07 Å². The van der Waals surface area contributed by atoms with Crippen molar-refractivity contribution in [2.45, 2.75) is 11.3 Å². The predicted octanol–water partition coefficient (Wildman–Crippen LogP) is 1.30. The molecule has 6 heteroatoms. The van der Waals surface area contributed by atoms with Gasteiger partial charge in [0.1, 0.15) is 0 Å². The Labute approximate surface area is 112 Å². The van der Waals surface area contributed by atoms with Crippen molar-refractivity contribution >= 4 is 27.5 Å². The van der Waals surface area contributed by atoms with Crippen molar-refractivity contribution in [3.63, 3.8) is 0 Å². The quantitative estimate of drug-likeness (QED) is 0.343. The highest BCUT2D eigenvalue weighted by Crippen LogP contribution is 2.20. The molecular formula is C12H16N2O2S2. The molecule has 0 unspecified atom stereocenters. The highest BCUT2D eigenvalue weighted by atomic mass is 32.2. The normalized spacial score (nSPS) is 11.1. The Morgan fingerprint density at radius 2 is 2.22 bits per heavy atom. The van der Waals surface area contributed by atoms with Crippen molar-refractivity contribution in [3.8, 4) is 12.3 Å². The minimum Gasteiger partial charge on any atom is -0.399 e. The second-order valence-corrected chi connectivity index (χ2v) is 6.68. The second kappa shape index (κ2) is 7.31. The van der Waals surface area contributed by atoms with Crippen LogP contribution in [0.5, 0.6) is 0 Å². The van der Waals surface area contributed by atoms with Gasteiger partial charge in [0.05, 0.1) is 5.75 Å². The van der Waals surface area contributed by atoms with Gasteiger partial charge in [-0.25, -0.2) is 13.1 Å². The fraction of sp³-hybridized carbons (Fsp3) is 0.333. The summed E-state index contributed by atoms with van der Waals surface area (Å²) in [6.45, 7) is 0.293. The van der Waals surface area contributed by atoms with Gasteiger partial charge in [0, 0.05) is 29.3 Å². The zero-order valence-electron chi connectivity index (χ0n) is 9.93. The van der Waals surface area contributed by atoms with Crippen molar-refractivity contribution in [1.29, 1.82) is 0 Å². The van der Waals surface area contributed by atoms with E-state index in [0.29, 0.717) is 24.4 Å². The summed E-state index contributed by atoms with van der Waals surface area (Å²) in [5.74, 6) is 2.93. The molecule has 1 aromatic carbocycles. The first-order valence-electron chi connectivity index (χ1n) is 5.42. The average molecular weight is 284 g/mol. The van der Waals surface area contributed by atoms with Gasteiger partial charge in [-0.2, -0.15) is 0 Å². The van der Waals surface area contributed by atoms with Crippen LogP contribution in [0.15, 0.2) is 29.2 Å². The first-order chi connectivity index (χ1) is 8.53. The maximum atomic E-state index is 11.5. The number of nitrogens with one attached hydrogen (secondary N) is 1. The summed E-state index contributed by atoms with van der Waals surface area (Å²) in [5.41, 5.74) is 6.31. The highest BCUT2D eigenvalue weighted by molar-refractivity contribution is 8.00. The topological polar surface area (TPSA) is 72.2 Å². The Balaban J connectivity index is 2.35. The summed E-state index contributed by atoms with van der Waals surface area (Å²) in [5, 5.41) is 0. The molecule has 1 rings (SSSR count). The number of thioether (sulfide) groups is 1. The summed E-state index contributed by atoms with van der Waals surface area (Å²) < 4.78 is 25.5. The summed E-state index contributed by atoms with van der Waals surface area (Å²) >= 11 is 1.46. The average Bonchev–Trinajstić information content (AvgIpc) is 2.29. The molecule has 0 bridgehead atoms. The molecule has 0 aliphatic rings. The Kier molecular flexibility index (Phi) is 6.05. The Morgan fingerprint density at radius 3 is 2.89 bits per heavy atom. The van der Waals surface area contributed by atoms with E-state index in [1.165, 1.54) is 11.8 Å². The molecule has 0 aliphatic heterocycles. The van der Waals surface area contributed by atoms with Gasteiger partial charge in [-0.1, -0.05) is 6.07 Å². The van der Waals surface area contributed by atoms with E-state index in [4.69, 9.17) is 12.2 Å². The minimum atomic E-state index is -3.23. The molecule has 0 aromatic heterocycles. The van der Waals surface area contributed by atoms with Gasteiger partial charge in [-0.15, -0.1) is 24.1 Å². The molecule has 0 saturated carbocycles. The lowest BCUT2D eigenvalue weighted by Crippen LogP contribution is -2.28. The van der Waals surface area contributed by atoms with E-state index in [-0.39, 0.29) is 5.75 Å². The first-order valence-corrected chi connectivity index (χ1v) is 8.06. The van der Waals surface area contributed by atoms with Crippen LogP contribution in [0.2, 0.25) is 0 Å². The number of benzene rings is 1. The van der Waals surface area contributed by atoms with Crippen LogP contribution in [-0.4, -0.2) is 26.5 Å². The van der Waals surface area contributed by atoms with Gasteiger partial charge in [-0.3, -0.25) is 0 Å². The van der Waals surface area contributed by atoms with Gasteiger partial charge in [0.2, 0.25) is 10.0 Å². The van der Waals surface area contributed by atoms with Crippen LogP contribution in [-0.2, 0) is 10.0 Å². The van der Waals surface area contributed by atoms with Gasteiger partial charge < -0.3 is 5.73 Å². The van der Waals surface area contributed by atoms with E-state index in [9.17, 15) is 8.42 Å². The third kappa shape index (κ3) is 5.96. The van der Waals surface area contributed by atoms with Crippen LogP contribution in [0.25, 0.3) is 0 Å². The van der Waals surface area contributed by atoms with E-state index in [1.807, 2.05) is 18.2 Å². The molecule has 0 heterocycles. The lowest BCUT2D eigenvalue weighted by Gasteiger charge is -2.05. The van der Waals surface area contributed by atoms with Crippen LogP contribution in [0.1, 0.15) is 6.42 Å². The maximum absolute atomic E-state index is 11.5. The molecular weight excluding hydrogens is 268 g/mol. The van der Waals surface area contributed by atoms with Crippen LogP contribution < -0.4 is 10.5 Å². The molecule has 1 aromatic rings. The first kappa shape index (κ1) is 14.9. The smallest absolute Gasteiger partial charge is 0.212 e. The van der Waals surface area contributed by atoms with Gasteiger partial charge in [0.15, 0.2) is 0 Å². The number of anilines is 1. The number of sulfonamides is 1. The molecule has 0 amide bonds. The van der Waals surface area contributed by atoms with E-state index < -0.39 is 10.0 Å². The van der Waals surface area contributed by atoms with Crippen LogP contribution in [0.4, 0.5) is 5.69 Å². The monoisotopic (exact) mass is 284 g/mol. The molecule has 0 spiro atoms. The standard InChI is InChI=1S/C12H16N2O2S2/c1-2-3-7-14-18(15,16)9-8-17-12-6-4-5-11(13)10-12/h1,4-6,10,14H,3,7-9,13H2. The van der Waals surface area contributed by atoms with E-state index in [0.717, 1.165) is 4.90 Å². The summed E-state index contributed by atoms with van der Waals surface area (Å²) in [6, 6.07) is 7.36. The zero-order chi connectivity index (χ0) is 13.4. The lowest BCUT2D eigenvalue weighted by molar-refractivity contribution is 0.584. The lowest BCUT2D eigenvalue weighted by atomic mass is 10.3. The second-order valence-electron chi connectivity index (χ2n) is 3.59. The third-order valence-corrected chi connectivity index (χ3v) is 4.71. The molecule has 0 aliphatic carbocycles. The van der Waals surface area contributed by atoms with Crippen LogP contribution >= 0.6 is 11.8 Å². The van der Waals surface area contributed by atoms with Crippen molar-refractivity contribution in [2.75, 3.05) is 23.8 Å². The zero-order valence-corrected chi connectivity index (χ0v) is 11.6. The molecule has 0 radical (unpaired) electrons. The molecule has 3 N–H and O–H groups in total. The van der Waals surface area contributed by atoms with Gasteiger partial charge >= 0.3 is 0 Å². The largest absolute Gasteiger partial charge is 0.399 e. The predicted molar refractivity (Wildman–Crippen MR) is 76.8 cm³/mol. The van der Waals surface area contributed by atoms with Gasteiger partial charge in [0.25, 0.3) is 0 Å². The SMILES string of the molecule is C#CCCNS(=O)(=O)CCSc1cccc(N)c1. The van der Waals surface area contributed by atoms with Crippen LogP contribution in [0, 0.1) is 12.3 Å². The Morgan fingerprint density at radius 1 is 1.44 bits per heavy atom. The number of hydrogen-bond donors (Lipinski definition) is 2. The van der Waals surface area contributed by atoms with Crippen molar-refractivity contribution < 1.29 is 8.42 Å². The van der Waals surface area contributed by atoms with E-state index in [2.05, 4.69) is 10.6 Å². The maximum Gasteiger partial charge on any atom is 0.212 e. The number of rotatable bonds is 7. The number of terminal acetylenes is 1. The molecule has 0 fully saturated rings. The summed E-state index contributed by atoms with van der Waals surface area (Å²) in [6.07, 6.45) is 5.45. The molecule has 98 valence electrons. The Hall–Kier alpha value is -1.16. The molecule has 18 heavy (non-hydrogen) atoms. The minimum absolute atomic E-state index is 0.0665.